The number of rotatable bonds is 5. The van der Waals surface area contributed by atoms with Crippen LogP contribution in [-0.2, 0) is 6.42 Å². The van der Waals surface area contributed by atoms with Gasteiger partial charge in [0.05, 0.1) is 0 Å². The van der Waals surface area contributed by atoms with Crippen molar-refractivity contribution in [2.75, 3.05) is 31.6 Å². The third kappa shape index (κ3) is 5.04. The van der Waals surface area contributed by atoms with E-state index in [1.807, 2.05) is 7.05 Å². The highest BCUT2D eigenvalue weighted by atomic mass is 127. The molecule has 4 rings (SSSR count). The molecule has 5 nitrogen and oxygen atoms in total. The lowest BCUT2D eigenvalue weighted by Gasteiger charge is -2.20. The van der Waals surface area contributed by atoms with Crippen molar-refractivity contribution in [3.05, 3.63) is 65.9 Å². The van der Waals surface area contributed by atoms with Gasteiger partial charge in [0.25, 0.3) is 0 Å². The lowest BCUT2D eigenvalue weighted by atomic mass is 10.1. The van der Waals surface area contributed by atoms with E-state index in [-0.39, 0.29) is 24.0 Å². The van der Waals surface area contributed by atoms with Crippen molar-refractivity contribution in [3.63, 3.8) is 0 Å². The van der Waals surface area contributed by atoms with E-state index in [0.717, 1.165) is 38.4 Å². The molecular formula is C23H30IN5. The Hall–Kier alpha value is -2.22. The molecule has 6 heteroatoms. The average Bonchev–Trinajstić information content (AvgIpc) is 3.36. The Morgan fingerprint density at radius 3 is 2.79 bits per heavy atom. The lowest BCUT2D eigenvalue weighted by molar-refractivity contribution is 0.648. The highest BCUT2D eigenvalue weighted by Gasteiger charge is 2.23. The number of halogens is 1. The van der Waals surface area contributed by atoms with Crippen LogP contribution in [0.1, 0.15) is 17.5 Å². The first-order valence-corrected chi connectivity index (χ1v) is 10.1. The van der Waals surface area contributed by atoms with Crippen molar-refractivity contribution < 1.29 is 0 Å². The second kappa shape index (κ2) is 10.0. The van der Waals surface area contributed by atoms with Crippen LogP contribution in [0, 0.1) is 6.92 Å². The zero-order valence-corrected chi connectivity index (χ0v) is 19.4. The number of guanidine groups is 1. The van der Waals surface area contributed by atoms with Crippen molar-refractivity contribution in [2.45, 2.75) is 25.8 Å². The second-order valence-corrected chi connectivity index (χ2v) is 7.47. The number of benzene rings is 2. The summed E-state index contributed by atoms with van der Waals surface area (Å²) in [5, 5.41) is 8.41. The fraction of sp³-hybridized carbons (Fsp3) is 0.348. The van der Waals surface area contributed by atoms with Gasteiger partial charge in [0.2, 0.25) is 0 Å². The predicted molar refractivity (Wildman–Crippen MR) is 134 cm³/mol. The molecule has 154 valence electrons. The van der Waals surface area contributed by atoms with E-state index in [9.17, 15) is 0 Å². The SMILES string of the molecule is CN=C(NCCc1c[nH]c2cccc(C)c12)NC1CCN(c2ccccc2)C1.I. The molecule has 0 saturated carbocycles. The van der Waals surface area contributed by atoms with Gasteiger partial charge in [0, 0.05) is 55.5 Å². The highest BCUT2D eigenvalue weighted by Crippen LogP contribution is 2.22. The first kappa shape index (κ1) is 21.5. The number of aryl methyl sites for hydroxylation is 1. The Kier molecular flexibility index (Phi) is 7.41. The van der Waals surface area contributed by atoms with Gasteiger partial charge in [-0.15, -0.1) is 24.0 Å². The van der Waals surface area contributed by atoms with Crippen molar-refractivity contribution in [1.29, 1.82) is 0 Å². The van der Waals surface area contributed by atoms with E-state index in [1.165, 1.54) is 27.7 Å². The predicted octanol–water partition coefficient (Wildman–Crippen LogP) is 4.08. The topological polar surface area (TPSA) is 55.5 Å². The van der Waals surface area contributed by atoms with Crippen molar-refractivity contribution in [3.8, 4) is 0 Å². The van der Waals surface area contributed by atoms with Crippen LogP contribution in [0.4, 0.5) is 5.69 Å². The molecule has 3 aromatic rings. The first-order chi connectivity index (χ1) is 13.7. The van der Waals surface area contributed by atoms with E-state index in [4.69, 9.17) is 0 Å². The summed E-state index contributed by atoms with van der Waals surface area (Å²) >= 11 is 0. The zero-order valence-electron chi connectivity index (χ0n) is 17.1. The van der Waals surface area contributed by atoms with Gasteiger partial charge >= 0.3 is 0 Å². The van der Waals surface area contributed by atoms with Crippen molar-refractivity contribution in [2.24, 2.45) is 4.99 Å². The Labute approximate surface area is 190 Å². The van der Waals surface area contributed by atoms with Crippen LogP contribution in [-0.4, -0.2) is 43.7 Å². The van der Waals surface area contributed by atoms with Crippen molar-refractivity contribution in [1.82, 2.24) is 15.6 Å². The zero-order chi connectivity index (χ0) is 19.3. The normalized spacial score (nSPS) is 16.7. The summed E-state index contributed by atoms with van der Waals surface area (Å²) in [5.74, 6) is 0.886. The van der Waals surface area contributed by atoms with Crippen LogP contribution in [0.2, 0.25) is 0 Å². The fourth-order valence-electron chi connectivity index (χ4n) is 4.10. The van der Waals surface area contributed by atoms with Crippen LogP contribution in [0.15, 0.2) is 59.7 Å². The van der Waals surface area contributed by atoms with Gasteiger partial charge in [-0.25, -0.2) is 0 Å². The van der Waals surface area contributed by atoms with Gasteiger partial charge in [-0.2, -0.15) is 0 Å². The van der Waals surface area contributed by atoms with E-state index in [0.29, 0.717) is 6.04 Å². The molecule has 1 fully saturated rings. The largest absolute Gasteiger partial charge is 0.369 e. The van der Waals surface area contributed by atoms with Crippen LogP contribution < -0.4 is 15.5 Å². The summed E-state index contributed by atoms with van der Waals surface area (Å²) < 4.78 is 0. The minimum Gasteiger partial charge on any atom is -0.369 e. The Morgan fingerprint density at radius 1 is 1.17 bits per heavy atom. The Bertz CT molecular complexity index is 950. The number of aromatic nitrogens is 1. The van der Waals surface area contributed by atoms with Gasteiger partial charge in [-0.05, 0) is 49.1 Å². The van der Waals surface area contributed by atoms with E-state index in [1.54, 1.807) is 0 Å². The molecule has 0 aliphatic carbocycles. The van der Waals surface area contributed by atoms with Crippen LogP contribution in [0.3, 0.4) is 0 Å². The summed E-state index contributed by atoms with van der Waals surface area (Å²) in [6.45, 7) is 5.11. The Balaban J connectivity index is 0.00000240. The number of aliphatic imine (C=N–C) groups is 1. The first-order valence-electron chi connectivity index (χ1n) is 10.1. The van der Waals surface area contributed by atoms with Crippen LogP contribution in [0.5, 0.6) is 0 Å². The molecule has 0 radical (unpaired) electrons. The molecule has 1 aromatic heterocycles. The molecule has 1 aliphatic rings. The molecule has 0 bridgehead atoms. The molecule has 3 N–H and O–H groups in total. The highest BCUT2D eigenvalue weighted by molar-refractivity contribution is 14.0. The molecule has 29 heavy (non-hydrogen) atoms. The molecule has 0 amide bonds. The standard InChI is InChI=1S/C23H29N5.HI/c1-17-7-6-10-21-22(17)18(15-26-21)11-13-25-23(24-2)27-19-12-14-28(16-19)20-8-4-3-5-9-20;/h3-10,15,19,26H,11-14,16H2,1-2H3,(H2,24,25,27);1H. The number of fused-ring (bicyclic) bond motifs is 1. The van der Waals surface area contributed by atoms with Gasteiger partial charge in [-0.1, -0.05) is 30.3 Å². The number of anilines is 1. The quantitative estimate of drug-likeness (QED) is 0.280. The minimum absolute atomic E-state index is 0. The third-order valence-electron chi connectivity index (χ3n) is 5.56. The maximum absolute atomic E-state index is 4.42. The molecule has 1 unspecified atom stereocenters. The molecular weight excluding hydrogens is 473 g/mol. The van der Waals surface area contributed by atoms with Crippen LogP contribution >= 0.6 is 24.0 Å². The Morgan fingerprint density at radius 2 is 2.00 bits per heavy atom. The van der Waals surface area contributed by atoms with Gasteiger partial charge in [0.15, 0.2) is 5.96 Å². The average molecular weight is 503 g/mol. The number of para-hydroxylation sites is 1. The molecule has 0 spiro atoms. The van der Waals surface area contributed by atoms with Gasteiger partial charge in [0.1, 0.15) is 0 Å². The summed E-state index contributed by atoms with van der Waals surface area (Å²) in [6, 6.07) is 17.5. The minimum atomic E-state index is 0. The van der Waals surface area contributed by atoms with Crippen molar-refractivity contribution >= 4 is 46.5 Å². The number of aromatic amines is 1. The number of nitrogens with one attached hydrogen (secondary N) is 3. The van der Waals surface area contributed by atoms with E-state index in [2.05, 4.69) is 87.2 Å². The fourth-order valence-corrected chi connectivity index (χ4v) is 4.10. The smallest absolute Gasteiger partial charge is 0.191 e. The summed E-state index contributed by atoms with van der Waals surface area (Å²) in [7, 11) is 1.84. The summed E-state index contributed by atoms with van der Waals surface area (Å²) in [6.07, 6.45) is 4.22. The lowest BCUT2D eigenvalue weighted by Crippen LogP contribution is -2.45. The van der Waals surface area contributed by atoms with E-state index >= 15 is 0 Å². The number of hydrogen-bond donors (Lipinski definition) is 3. The maximum atomic E-state index is 4.42. The monoisotopic (exact) mass is 503 g/mol. The molecule has 2 heterocycles. The summed E-state index contributed by atoms with van der Waals surface area (Å²) in [4.78, 5) is 10.2. The van der Waals surface area contributed by atoms with Gasteiger partial charge in [-0.3, -0.25) is 4.99 Å². The number of hydrogen-bond acceptors (Lipinski definition) is 2. The molecule has 2 aromatic carbocycles. The van der Waals surface area contributed by atoms with E-state index < -0.39 is 0 Å². The summed E-state index contributed by atoms with van der Waals surface area (Å²) in [5.41, 5.74) is 5.18. The molecule has 1 aliphatic heterocycles. The number of nitrogens with zero attached hydrogens (tertiary/aromatic N) is 2. The molecule has 1 atom stereocenters. The maximum Gasteiger partial charge on any atom is 0.191 e. The number of H-pyrrole nitrogens is 1. The van der Waals surface area contributed by atoms with Gasteiger partial charge < -0.3 is 20.5 Å². The van der Waals surface area contributed by atoms with Crippen LogP contribution in [0.25, 0.3) is 10.9 Å². The molecule has 1 saturated heterocycles. The second-order valence-electron chi connectivity index (χ2n) is 7.47. The third-order valence-corrected chi connectivity index (χ3v) is 5.56.